The number of rotatable bonds is 3. The normalized spacial score (nSPS) is 28.4. The Balaban J connectivity index is 1.70. The van der Waals surface area contributed by atoms with E-state index in [2.05, 4.69) is 33.8 Å². The molecule has 4 heteroatoms. The molecule has 2 aliphatic rings. The minimum absolute atomic E-state index is 0.0258. The third-order valence-electron chi connectivity index (χ3n) is 5.31. The summed E-state index contributed by atoms with van der Waals surface area (Å²) in [6.45, 7) is 10.2. The minimum atomic E-state index is -0.258. The Bertz CT molecular complexity index is 646. The number of carbonyl (C=O) groups excluding carboxylic acids is 1. The largest absolute Gasteiger partial charge is 0.370 e. The first-order valence-electron chi connectivity index (χ1n) is 8.61. The predicted octanol–water partition coefficient (Wildman–Crippen LogP) is 3.96. The van der Waals surface area contributed by atoms with Crippen LogP contribution in [-0.2, 0) is 9.53 Å². The van der Waals surface area contributed by atoms with E-state index in [4.69, 9.17) is 4.74 Å². The molecular formula is C20H26FNO2. The fraction of sp³-hybridized carbons (Fsp3) is 0.550. The van der Waals surface area contributed by atoms with Crippen molar-refractivity contribution < 1.29 is 13.9 Å². The average Bonchev–Trinajstić information content (AvgIpc) is 3.07. The van der Waals surface area contributed by atoms with Gasteiger partial charge in [0.2, 0.25) is 5.91 Å². The minimum Gasteiger partial charge on any atom is -0.370 e. The summed E-state index contributed by atoms with van der Waals surface area (Å²) in [7, 11) is 0. The molecule has 1 saturated carbocycles. The Morgan fingerprint density at radius 1 is 1.29 bits per heavy atom. The third-order valence-corrected chi connectivity index (χ3v) is 5.31. The van der Waals surface area contributed by atoms with E-state index >= 15 is 0 Å². The van der Waals surface area contributed by atoms with Gasteiger partial charge < -0.3 is 9.64 Å². The summed E-state index contributed by atoms with van der Waals surface area (Å²) in [5.74, 6) is 0.339. The number of carbonyl (C=O) groups is 1. The van der Waals surface area contributed by atoms with E-state index in [0.717, 1.165) is 5.56 Å². The number of benzene rings is 1. The van der Waals surface area contributed by atoms with Gasteiger partial charge in [-0.25, -0.2) is 4.39 Å². The highest BCUT2D eigenvalue weighted by molar-refractivity contribution is 5.84. The van der Waals surface area contributed by atoms with Crippen LogP contribution in [0, 0.1) is 23.1 Å². The monoisotopic (exact) mass is 331 g/mol. The molecule has 24 heavy (non-hydrogen) atoms. The first-order chi connectivity index (χ1) is 11.3. The van der Waals surface area contributed by atoms with Gasteiger partial charge >= 0.3 is 0 Å². The van der Waals surface area contributed by atoms with E-state index in [1.54, 1.807) is 12.1 Å². The van der Waals surface area contributed by atoms with Crippen LogP contribution < -0.4 is 0 Å². The van der Waals surface area contributed by atoms with Crippen LogP contribution >= 0.6 is 0 Å². The summed E-state index contributed by atoms with van der Waals surface area (Å²) in [5.41, 5.74) is 2.21. The highest BCUT2D eigenvalue weighted by atomic mass is 19.1. The van der Waals surface area contributed by atoms with Gasteiger partial charge in [0.25, 0.3) is 0 Å². The lowest BCUT2D eigenvalue weighted by Crippen LogP contribution is -2.43. The molecule has 0 bridgehead atoms. The topological polar surface area (TPSA) is 29.5 Å². The van der Waals surface area contributed by atoms with Crippen LogP contribution in [-0.4, -0.2) is 30.5 Å². The van der Waals surface area contributed by atoms with Gasteiger partial charge in [-0.3, -0.25) is 4.79 Å². The van der Waals surface area contributed by atoms with Crippen LogP contribution in [0.4, 0.5) is 4.39 Å². The molecule has 0 aromatic heterocycles. The van der Waals surface area contributed by atoms with Gasteiger partial charge in [-0.05, 0) is 42.9 Å². The number of hydrogen-bond donors (Lipinski definition) is 0. The summed E-state index contributed by atoms with van der Waals surface area (Å²) in [4.78, 5) is 14.9. The second kappa shape index (κ2) is 6.32. The maximum Gasteiger partial charge on any atom is 0.227 e. The molecule has 3 nitrogen and oxygen atoms in total. The smallest absolute Gasteiger partial charge is 0.227 e. The molecule has 1 aromatic rings. The summed E-state index contributed by atoms with van der Waals surface area (Å²) in [6, 6.07) is 6.35. The second-order valence-electron chi connectivity index (χ2n) is 7.76. The number of amides is 1. The Kier molecular flexibility index (Phi) is 4.52. The van der Waals surface area contributed by atoms with Crippen molar-refractivity contribution in [2.75, 3.05) is 19.7 Å². The second-order valence-corrected chi connectivity index (χ2v) is 7.76. The van der Waals surface area contributed by atoms with Crippen molar-refractivity contribution in [1.82, 2.24) is 4.90 Å². The molecule has 0 spiro atoms. The molecule has 1 heterocycles. The van der Waals surface area contributed by atoms with Gasteiger partial charge in [0, 0.05) is 6.54 Å². The van der Waals surface area contributed by atoms with E-state index in [1.807, 2.05) is 4.90 Å². The molecule has 3 atom stereocenters. The first-order valence-corrected chi connectivity index (χ1v) is 8.61. The van der Waals surface area contributed by atoms with Gasteiger partial charge in [0.15, 0.2) is 0 Å². The van der Waals surface area contributed by atoms with Crippen LogP contribution in [0.15, 0.2) is 35.9 Å². The van der Waals surface area contributed by atoms with E-state index in [9.17, 15) is 9.18 Å². The number of ether oxygens (including phenoxy) is 1. The summed E-state index contributed by atoms with van der Waals surface area (Å²) in [5, 5.41) is 0. The quantitative estimate of drug-likeness (QED) is 0.785. The summed E-state index contributed by atoms with van der Waals surface area (Å²) in [6.07, 6.45) is 2.05. The lowest BCUT2D eigenvalue weighted by Gasteiger charge is -2.33. The zero-order valence-electron chi connectivity index (χ0n) is 14.9. The molecule has 3 unspecified atom stereocenters. The predicted molar refractivity (Wildman–Crippen MR) is 91.9 cm³/mol. The summed E-state index contributed by atoms with van der Waals surface area (Å²) < 4.78 is 18.9. The van der Waals surface area contributed by atoms with Gasteiger partial charge in [0.1, 0.15) is 11.9 Å². The van der Waals surface area contributed by atoms with Crippen molar-refractivity contribution in [3.05, 3.63) is 47.3 Å². The number of hydrogen-bond acceptors (Lipinski definition) is 2. The van der Waals surface area contributed by atoms with Crippen molar-refractivity contribution in [3.63, 3.8) is 0 Å². The number of morpholine rings is 1. The van der Waals surface area contributed by atoms with Gasteiger partial charge in [0.05, 0.1) is 19.1 Å². The Hall–Kier alpha value is -1.68. The van der Waals surface area contributed by atoms with E-state index in [-0.39, 0.29) is 29.2 Å². The third kappa shape index (κ3) is 3.25. The summed E-state index contributed by atoms with van der Waals surface area (Å²) >= 11 is 0. The van der Waals surface area contributed by atoms with Crippen molar-refractivity contribution in [1.29, 1.82) is 0 Å². The van der Waals surface area contributed by atoms with Crippen molar-refractivity contribution in [2.45, 2.75) is 33.8 Å². The fourth-order valence-corrected chi connectivity index (χ4v) is 3.74. The molecule has 0 radical (unpaired) electrons. The first kappa shape index (κ1) is 17.2. The Morgan fingerprint density at radius 3 is 2.58 bits per heavy atom. The molecule has 0 N–H and O–H groups in total. The molecule has 1 aliphatic carbocycles. The van der Waals surface area contributed by atoms with Crippen molar-refractivity contribution >= 4 is 5.91 Å². The van der Waals surface area contributed by atoms with E-state index in [1.165, 1.54) is 17.7 Å². The van der Waals surface area contributed by atoms with Crippen LogP contribution in [0.5, 0.6) is 0 Å². The zero-order valence-corrected chi connectivity index (χ0v) is 14.9. The van der Waals surface area contributed by atoms with Crippen molar-refractivity contribution in [3.8, 4) is 0 Å². The number of allylic oxidation sites excluding steroid dienone is 2. The molecule has 1 amide bonds. The molecule has 130 valence electrons. The highest BCUT2D eigenvalue weighted by Crippen LogP contribution is 2.60. The van der Waals surface area contributed by atoms with Crippen LogP contribution in [0.3, 0.4) is 0 Å². The van der Waals surface area contributed by atoms with Crippen LogP contribution in [0.1, 0.15) is 39.4 Å². The SMILES string of the molecule is CC(C)=CC1C(C(=O)N2CCOC(c3ccc(F)cc3)C2)C1(C)C. The average molecular weight is 331 g/mol. The standard InChI is InChI=1S/C20H26FNO2/c1-13(2)11-16-18(20(16,3)4)19(23)22-9-10-24-17(12-22)14-5-7-15(21)8-6-14/h5-8,11,16-18H,9-10,12H2,1-4H3. The lowest BCUT2D eigenvalue weighted by atomic mass is 10.1. The zero-order chi connectivity index (χ0) is 17.5. The van der Waals surface area contributed by atoms with Gasteiger partial charge in [-0.15, -0.1) is 0 Å². The maximum absolute atomic E-state index is 13.1. The van der Waals surface area contributed by atoms with E-state index in [0.29, 0.717) is 25.6 Å². The lowest BCUT2D eigenvalue weighted by molar-refractivity contribution is -0.141. The fourth-order valence-electron chi connectivity index (χ4n) is 3.74. The Morgan fingerprint density at radius 2 is 1.96 bits per heavy atom. The molecule has 1 aromatic carbocycles. The maximum atomic E-state index is 13.1. The van der Waals surface area contributed by atoms with Gasteiger partial charge in [-0.2, -0.15) is 0 Å². The molecule has 3 rings (SSSR count). The highest BCUT2D eigenvalue weighted by Gasteiger charge is 2.61. The van der Waals surface area contributed by atoms with E-state index < -0.39 is 0 Å². The molecular weight excluding hydrogens is 305 g/mol. The number of nitrogens with zero attached hydrogens (tertiary/aromatic N) is 1. The van der Waals surface area contributed by atoms with Crippen LogP contribution in [0.2, 0.25) is 0 Å². The number of halogens is 1. The van der Waals surface area contributed by atoms with Crippen molar-refractivity contribution in [2.24, 2.45) is 17.3 Å². The molecule has 1 aliphatic heterocycles. The molecule has 2 fully saturated rings. The van der Waals surface area contributed by atoms with Gasteiger partial charge in [-0.1, -0.05) is 37.6 Å². The Labute approximate surface area is 143 Å². The molecule has 1 saturated heterocycles. The van der Waals surface area contributed by atoms with Crippen LogP contribution in [0.25, 0.3) is 0 Å².